The highest BCUT2D eigenvalue weighted by Crippen LogP contribution is 2.31. The van der Waals surface area contributed by atoms with Crippen molar-refractivity contribution in [2.24, 2.45) is 0 Å². The Morgan fingerprint density at radius 3 is 2.77 bits per heavy atom. The van der Waals surface area contributed by atoms with Crippen LogP contribution < -0.4 is 4.74 Å². The number of halogens is 1. The third kappa shape index (κ3) is 2.83. The number of aromatic nitrogens is 2. The Kier molecular flexibility index (Phi) is 4.38. The molecule has 0 saturated carbocycles. The Hall–Kier alpha value is -1.95. The molecular formula is C16H19FN2O3. The van der Waals surface area contributed by atoms with Crippen LogP contribution in [-0.4, -0.2) is 30.5 Å². The number of benzene rings is 1. The SMILES string of the molecule is CCc1cc(F)c(-c2nc(C3CCOCC3)no2)cc1OC. The summed E-state index contributed by atoms with van der Waals surface area (Å²) >= 11 is 0. The fourth-order valence-electron chi connectivity index (χ4n) is 2.69. The summed E-state index contributed by atoms with van der Waals surface area (Å²) in [6.07, 6.45) is 2.41. The average molecular weight is 306 g/mol. The van der Waals surface area contributed by atoms with Gasteiger partial charge in [-0.1, -0.05) is 12.1 Å². The van der Waals surface area contributed by atoms with Crippen molar-refractivity contribution in [2.75, 3.05) is 20.3 Å². The lowest BCUT2D eigenvalue weighted by Gasteiger charge is -2.18. The third-order valence-corrected chi connectivity index (χ3v) is 4.01. The monoisotopic (exact) mass is 306 g/mol. The molecule has 3 rings (SSSR count). The number of hydrogen-bond donors (Lipinski definition) is 0. The molecule has 22 heavy (non-hydrogen) atoms. The van der Waals surface area contributed by atoms with Crippen molar-refractivity contribution in [3.05, 3.63) is 29.3 Å². The number of hydrogen-bond acceptors (Lipinski definition) is 5. The van der Waals surface area contributed by atoms with E-state index in [4.69, 9.17) is 14.0 Å². The Bertz CT molecular complexity index is 651. The van der Waals surface area contributed by atoms with Crippen LogP contribution in [0.4, 0.5) is 4.39 Å². The van der Waals surface area contributed by atoms with Gasteiger partial charge in [0.2, 0.25) is 0 Å². The number of rotatable bonds is 4. The minimum atomic E-state index is -0.375. The van der Waals surface area contributed by atoms with Crippen molar-refractivity contribution in [3.8, 4) is 17.2 Å². The number of methoxy groups -OCH3 is 1. The molecule has 1 aliphatic rings. The van der Waals surface area contributed by atoms with Crippen LogP contribution in [0.2, 0.25) is 0 Å². The van der Waals surface area contributed by atoms with Crippen LogP contribution in [0.5, 0.6) is 5.75 Å². The Labute approximate surface area is 128 Å². The normalized spacial score (nSPS) is 16.0. The van der Waals surface area contributed by atoms with Gasteiger partial charge in [0.15, 0.2) is 5.82 Å². The molecule has 5 nitrogen and oxygen atoms in total. The molecule has 0 aliphatic carbocycles. The van der Waals surface area contributed by atoms with Gasteiger partial charge >= 0.3 is 0 Å². The molecule has 0 bridgehead atoms. The van der Waals surface area contributed by atoms with E-state index in [0.29, 0.717) is 31.2 Å². The van der Waals surface area contributed by atoms with Gasteiger partial charge in [0, 0.05) is 19.1 Å². The van der Waals surface area contributed by atoms with Gasteiger partial charge < -0.3 is 14.0 Å². The third-order valence-electron chi connectivity index (χ3n) is 4.01. The molecule has 0 unspecified atom stereocenters. The molecule has 1 fully saturated rings. The first-order valence-corrected chi connectivity index (χ1v) is 7.51. The fourth-order valence-corrected chi connectivity index (χ4v) is 2.69. The summed E-state index contributed by atoms with van der Waals surface area (Å²) in [4.78, 5) is 4.37. The van der Waals surface area contributed by atoms with Crippen LogP contribution >= 0.6 is 0 Å². The topological polar surface area (TPSA) is 57.4 Å². The molecule has 0 spiro atoms. The zero-order chi connectivity index (χ0) is 15.5. The summed E-state index contributed by atoms with van der Waals surface area (Å²) in [5, 5.41) is 4.01. The summed E-state index contributed by atoms with van der Waals surface area (Å²) in [5.41, 5.74) is 1.09. The van der Waals surface area contributed by atoms with Crippen molar-refractivity contribution in [1.29, 1.82) is 0 Å². The predicted molar refractivity (Wildman–Crippen MR) is 78.4 cm³/mol. The zero-order valence-electron chi connectivity index (χ0n) is 12.8. The van der Waals surface area contributed by atoms with Gasteiger partial charge in [-0.25, -0.2) is 4.39 Å². The van der Waals surface area contributed by atoms with Gasteiger partial charge in [0.05, 0.1) is 12.7 Å². The van der Waals surface area contributed by atoms with E-state index in [-0.39, 0.29) is 23.2 Å². The molecule has 0 radical (unpaired) electrons. The molecule has 0 N–H and O–H groups in total. The molecule has 1 aromatic heterocycles. The first-order chi connectivity index (χ1) is 10.7. The van der Waals surface area contributed by atoms with Crippen LogP contribution in [0.25, 0.3) is 11.5 Å². The Morgan fingerprint density at radius 1 is 1.32 bits per heavy atom. The first-order valence-electron chi connectivity index (χ1n) is 7.51. The van der Waals surface area contributed by atoms with Gasteiger partial charge in [0.1, 0.15) is 11.6 Å². The molecule has 0 amide bonds. The van der Waals surface area contributed by atoms with E-state index in [1.165, 1.54) is 6.07 Å². The minimum Gasteiger partial charge on any atom is -0.496 e. The highest BCUT2D eigenvalue weighted by molar-refractivity contribution is 5.59. The quantitative estimate of drug-likeness (QED) is 0.867. The van der Waals surface area contributed by atoms with Crippen LogP contribution in [0, 0.1) is 5.82 Å². The maximum atomic E-state index is 14.3. The molecule has 2 aromatic rings. The highest BCUT2D eigenvalue weighted by Gasteiger charge is 2.23. The largest absolute Gasteiger partial charge is 0.496 e. The number of ether oxygens (including phenoxy) is 2. The van der Waals surface area contributed by atoms with Crippen molar-refractivity contribution >= 4 is 0 Å². The lowest BCUT2D eigenvalue weighted by molar-refractivity contribution is 0.0830. The summed E-state index contributed by atoms with van der Waals surface area (Å²) in [5.74, 6) is 1.28. The molecule has 1 saturated heterocycles. The van der Waals surface area contributed by atoms with Crippen molar-refractivity contribution < 1.29 is 18.4 Å². The molecule has 118 valence electrons. The van der Waals surface area contributed by atoms with Crippen molar-refractivity contribution in [3.63, 3.8) is 0 Å². The van der Waals surface area contributed by atoms with Gasteiger partial charge in [-0.05, 0) is 37.0 Å². The van der Waals surface area contributed by atoms with E-state index in [9.17, 15) is 4.39 Å². The Morgan fingerprint density at radius 2 is 2.09 bits per heavy atom. The molecule has 0 atom stereocenters. The van der Waals surface area contributed by atoms with E-state index >= 15 is 0 Å². The zero-order valence-corrected chi connectivity index (χ0v) is 12.8. The second-order valence-corrected chi connectivity index (χ2v) is 5.34. The molecule has 1 aliphatic heterocycles. The fraction of sp³-hybridized carbons (Fsp3) is 0.500. The average Bonchev–Trinajstić information content (AvgIpc) is 3.05. The maximum absolute atomic E-state index is 14.3. The molecule has 6 heteroatoms. The highest BCUT2D eigenvalue weighted by atomic mass is 19.1. The summed E-state index contributed by atoms with van der Waals surface area (Å²) in [6.45, 7) is 3.34. The van der Waals surface area contributed by atoms with Gasteiger partial charge in [0.25, 0.3) is 5.89 Å². The molecular weight excluding hydrogens is 287 g/mol. The first kappa shape index (κ1) is 15.0. The van der Waals surface area contributed by atoms with E-state index < -0.39 is 0 Å². The second kappa shape index (κ2) is 6.44. The Balaban J connectivity index is 1.92. The molecule has 1 aromatic carbocycles. The predicted octanol–water partition coefficient (Wildman–Crippen LogP) is 3.34. The summed E-state index contributed by atoms with van der Waals surface area (Å²) in [6, 6.07) is 3.09. The standard InChI is InChI=1S/C16H19FN2O3/c1-3-10-8-13(17)12(9-14(10)20-2)16-18-15(19-22-16)11-4-6-21-7-5-11/h8-9,11H,3-7H2,1-2H3. The lowest BCUT2D eigenvalue weighted by atomic mass is 10.00. The van der Waals surface area contributed by atoms with E-state index in [2.05, 4.69) is 10.1 Å². The lowest BCUT2D eigenvalue weighted by Crippen LogP contribution is -2.15. The van der Waals surface area contributed by atoms with Gasteiger partial charge in [-0.15, -0.1) is 0 Å². The number of nitrogens with zero attached hydrogens (tertiary/aromatic N) is 2. The van der Waals surface area contributed by atoms with Crippen LogP contribution in [-0.2, 0) is 11.2 Å². The van der Waals surface area contributed by atoms with Crippen molar-refractivity contribution in [2.45, 2.75) is 32.1 Å². The van der Waals surface area contributed by atoms with Crippen LogP contribution in [0.15, 0.2) is 16.7 Å². The van der Waals surface area contributed by atoms with Crippen LogP contribution in [0.3, 0.4) is 0 Å². The van der Waals surface area contributed by atoms with Gasteiger partial charge in [-0.3, -0.25) is 0 Å². The van der Waals surface area contributed by atoms with E-state index in [1.54, 1.807) is 13.2 Å². The summed E-state index contributed by atoms with van der Waals surface area (Å²) in [7, 11) is 1.57. The van der Waals surface area contributed by atoms with Crippen molar-refractivity contribution in [1.82, 2.24) is 10.1 Å². The summed E-state index contributed by atoms with van der Waals surface area (Å²) < 4.78 is 30.2. The maximum Gasteiger partial charge on any atom is 0.261 e. The number of aryl methyl sites for hydroxylation is 1. The van der Waals surface area contributed by atoms with Gasteiger partial charge in [-0.2, -0.15) is 4.98 Å². The second-order valence-electron chi connectivity index (χ2n) is 5.34. The minimum absolute atomic E-state index is 0.194. The van der Waals surface area contributed by atoms with Crippen LogP contribution in [0.1, 0.15) is 37.1 Å². The molecule has 2 heterocycles. The van der Waals surface area contributed by atoms with E-state index in [1.807, 2.05) is 6.92 Å². The smallest absolute Gasteiger partial charge is 0.261 e. The van der Waals surface area contributed by atoms with E-state index in [0.717, 1.165) is 18.4 Å².